The first kappa shape index (κ1) is 17.6. The molecular weight excluding hydrogens is 352 g/mol. The molecule has 0 saturated carbocycles. The normalized spacial score (nSPS) is 10.7. The maximum absolute atomic E-state index is 12.7. The van der Waals surface area contributed by atoms with Crippen LogP contribution in [-0.4, -0.2) is 17.4 Å². The first-order valence-corrected chi connectivity index (χ1v) is 9.40. The Kier molecular flexibility index (Phi) is 5.51. The Morgan fingerprint density at radius 3 is 2.64 bits per heavy atom. The molecule has 1 aromatic heterocycles. The third-order valence-corrected chi connectivity index (χ3v) is 5.10. The number of benzene rings is 2. The van der Waals surface area contributed by atoms with Crippen molar-refractivity contribution < 1.29 is 4.79 Å². The second-order valence-corrected chi connectivity index (χ2v) is 7.10. The van der Waals surface area contributed by atoms with E-state index < -0.39 is 0 Å². The number of rotatable bonds is 5. The highest BCUT2D eigenvalue weighted by atomic mass is 35.5. The van der Waals surface area contributed by atoms with Crippen LogP contribution >= 0.6 is 22.9 Å². The van der Waals surface area contributed by atoms with E-state index in [4.69, 9.17) is 11.6 Å². The monoisotopic (exact) mass is 370 g/mol. The summed E-state index contributed by atoms with van der Waals surface area (Å²) < 4.78 is 0. The highest BCUT2D eigenvalue weighted by Gasteiger charge is 2.16. The third kappa shape index (κ3) is 4.27. The predicted octanol–water partition coefficient (Wildman–Crippen LogP) is 5.37. The molecule has 0 aliphatic carbocycles. The lowest BCUT2D eigenvalue weighted by molar-refractivity contribution is -0.118. The van der Waals surface area contributed by atoms with Gasteiger partial charge < -0.3 is 4.90 Å². The number of aromatic nitrogens is 1. The number of hydrogen-bond acceptors (Lipinski definition) is 3. The van der Waals surface area contributed by atoms with Crippen molar-refractivity contribution in [2.45, 2.75) is 20.3 Å². The Hall–Kier alpha value is -2.17. The van der Waals surface area contributed by atoms with Gasteiger partial charge in [-0.15, -0.1) is 11.3 Å². The van der Waals surface area contributed by atoms with Crippen LogP contribution in [0.5, 0.6) is 0 Å². The van der Waals surface area contributed by atoms with Gasteiger partial charge >= 0.3 is 0 Å². The number of amides is 1. The first-order valence-electron chi connectivity index (χ1n) is 8.14. The molecule has 1 heterocycles. The summed E-state index contributed by atoms with van der Waals surface area (Å²) in [4.78, 5) is 19.1. The Morgan fingerprint density at radius 2 is 1.96 bits per heavy atom. The zero-order valence-electron chi connectivity index (χ0n) is 14.2. The van der Waals surface area contributed by atoms with Gasteiger partial charge in [-0.3, -0.25) is 4.79 Å². The van der Waals surface area contributed by atoms with Gasteiger partial charge in [0, 0.05) is 28.2 Å². The summed E-state index contributed by atoms with van der Waals surface area (Å²) in [7, 11) is 0. The number of thiazole rings is 1. The van der Waals surface area contributed by atoms with Gasteiger partial charge in [0.2, 0.25) is 5.91 Å². The Labute approximate surface area is 156 Å². The molecule has 5 heteroatoms. The van der Waals surface area contributed by atoms with Gasteiger partial charge in [-0.2, -0.15) is 0 Å². The second kappa shape index (κ2) is 7.81. The standard InChI is InChI=1S/C20H19ClN2OS/c1-3-23(18-6-4-5-14(2)11-18)19(24)12-17-13-25-20(22-17)15-7-9-16(21)10-8-15/h4-11,13H,3,12H2,1-2H3. The van der Waals surface area contributed by atoms with E-state index in [1.165, 1.54) is 0 Å². The quantitative estimate of drug-likeness (QED) is 0.605. The molecule has 0 radical (unpaired) electrons. The van der Waals surface area contributed by atoms with E-state index in [1.807, 2.05) is 67.8 Å². The van der Waals surface area contributed by atoms with Crippen LogP contribution in [-0.2, 0) is 11.2 Å². The molecular formula is C20H19ClN2OS. The van der Waals surface area contributed by atoms with Crippen LogP contribution in [0.1, 0.15) is 18.2 Å². The molecule has 25 heavy (non-hydrogen) atoms. The van der Waals surface area contributed by atoms with Gasteiger partial charge in [-0.1, -0.05) is 35.9 Å². The molecule has 0 saturated heterocycles. The van der Waals surface area contributed by atoms with Crippen LogP contribution in [0, 0.1) is 6.92 Å². The summed E-state index contributed by atoms with van der Waals surface area (Å²) in [5, 5.41) is 3.55. The third-order valence-electron chi connectivity index (χ3n) is 3.91. The van der Waals surface area contributed by atoms with Gasteiger partial charge in [-0.25, -0.2) is 4.98 Å². The summed E-state index contributed by atoms with van der Waals surface area (Å²) in [5.74, 6) is 0.0565. The SMILES string of the molecule is CCN(C(=O)Cc1csc(-c2ccc(Cl)cc2)n1)c1cccc(C)c1. The summed E-state index contributed by atoms with van der Waals surface area (Å²) in [6.07, 6.45) is 0.297. The fraction of sp³-hybridized carbons (Fsp3) is 0.200. The molecule has 3 aromatic rings. The van der Waals surface area contributed by atoms with Crippen molar-refractivity contribution in [3.05, 3.63) is 70.2 Å². The number of hydrogen-bond donors (Lipinski definition) is 0. The minimum atomic E-state index is 0.0565. The average Bonchev–Trinajstić information content (AvgIpc) is 3.04. The molecule has 3 nitrogen and oxygen atoms in total. The maximum atomic E-state index is 12.7. The number of anilines is 1. The molecule has 0 bridgehead atoms. The number of nitrogens with zero attached hydrogens (tertiary/aromatic N) is 2. The van der Waals surface area contributed by atoms with E-state index in [1.54, 1.807) is 16.2 Å². The van der Waals surface area contributed by atoms with Gasteiger partial charge in [0.15, 0.2) is 0 Å². The van der Waals surface area contributed by atoms with Crippen molar-refractivity contribution in [2.75, 3.05) is 11.4 Å². The van der Waals surface area contributed by atoms with Crippen molar-refractivity contribution in [2.24, 2.45) is 0 Å². The fourth-order valence-corrected chi connectivity index (χ4v) is 3.61. The molecule has 1 amide bonds. The van der Waals surface area contributed by atoms with Crippen molar-refractivity contribution >= 4 is 34.5 Å². The Bertz CT molecular complexity index is 873. The van der Waals surface area contributed by atoms with E-state index in [0.29, 0.717) is 18.0 Å². The van der Waals surface area contributed by atoms with Crippen molar-refractivity contribution in [3.63, 3.8) is 0 Å². The average molecular weight is 371 g/mol. The van der Waals surface area contributed by atoms with Crippen LogP contribution < -0.4 is 4.90 Å². The molecule has 0 unspecified atom stereocenters. The Morgan fingerprint density at radius 1 is 1.20 bits per heavy atom. The number of aryl methyl sites for hydroxylation is 1. The van der Waals surface area contributed by atoms with Crippen molar-refractivity contribution in [3.8, 4) is 10.6 Å². The number of likely N-dealkylation sites (N-methyl/N-ethyl adjacent to an activating group) is 1. The summed E-state index contributed by atoms with van der Waals surface area (Å²) >= 11 is 7.47. The highest BCUT2D eigenvalue weighted by molar-refractivity contribution is 7.13. The summed E-state index contributed by atoms with van der Waals surface area (Å²) in [6, 6.07) is 15.6. The van der Waals surface area contributed by atoms with Crippen molar-refractivity contribution in [1.29, 1.82) is 0 Å². The number of carbonyl (C=O) groups is 1. The van der Waals surface area contributed by atoms with Crippen molar-refractivity contribution in [1.82, 2.24) is 4.98 Å². The summed E-state index contributed by atoms with van der Waals surface area (Å²) in [6.45, 7) is 4.65. The molecule has 0 fully saturated rings. The minimum absolute atomic E-state index is 0.0565. The minimum Gasteiger partial charge on any atom is -0.312 e. The lowest BCUT2D eigenvalue weighted by Gasteiger charge is -2.21. The molecule has 3 rings (SSSR count). The molecule has 0 spiro atoms. The Balaban J connectivity index is 1.75. The lowest BCUT2D eigenvalue weighted by Crippen LogP contribution is -2.32. The van der Waals surface area contributed by atoms with E-state index in [2.05, 4.69) is 4.98 Å². The molecule has 0 aliphatic heterocycles. The molecule has 0 atom stereocenters. The second-order valence-electron chi connectivity index (χ2n) is 5.80. The molecule has 0 aliphatic rings. The van der Waals surface area contributed by atoms with Gasteiger partial charge in [-0.05, 0) is 43.7 Å². The topological polar surface area (TPSA) is 33.2 Å². The first-order chi connectivity index (χ1) is 12.1. The van der Waals surface area contributed by atoms with E-state index in [0.717, 1.165) is 27.5 Å². The number of carbonyl (C=O) groups excluding carboxylic acids is 1. The zero-order valence-corrected chi connectivity index (χ0v) is 15.8. The maximum Gasteiger partial charge on any atom is 0.233 e. The van der Waals surface area contributed by atoms with Gasteiger partial charge in [0.1, 0.15) is 5.01 Å². The van der Waals surface area contributed by atoms with Gasteiger partial charge in [0.05, 0.1) is 12.1 Å². The lowest BCUT2D eigenvalue weighted by atomic mass is 10.2. The van der Waals surface area contributed by atoms with Crippen LogP contribution in [0.4, 0.5) is 5.69 Å². The summed E-state index contributed by atoms with van der Waals surface area (Å²) in [5.41, 5.74) is 3.88. The molecule has 128 valence electrons. The van der Waals surface area contributed by atoms with E-state index in [9.17, 15) is 4.79 Å². The highest BCUT2D eigenvalue weighted by Crippen LogP contribution is 2.26. The van der Waals surface area contributed by atoms with Crippen LogP contribution in [0.3, 0.4) is 0 Å². The smallest absolute Gasteiger partial charge is 0.233 e. The van der Waals surface area contributed by atoms with Crippen LogP contribution in [0.25, 0.3) is 10.6 Å². The fourth-order valence-electron chi connectivity index (χ4n) is 2.66. The zero-order chi connectivity index (χ0) is 17.8. The van der Waals surface area contributed by atoms with Crippen LogP contribution in [0.15, 0.2) is 53.9 Å². The largest absolute Gasteiger partial charge is 0.312 e. The van der Waals surface area contributed by atoms with Gasteiger partial charge in [0.25, 0.3) is 0 Å². The van der Waals surface area contributed by atoms with Crippen LogP contribution in [0.2, 0.25) is 5.02 Å². The molecule has 2 aromatic carbocycles. The van der Waals surface area contributed by atoms with E-state index in [-0.39, 0.29) is 5.91 Å². The van der Waals surface area contributed by atoms with E-state index >= 15 is 0 Å². The predicted molar refractivity (Wildman–Crippen MR) is 105 cm³/mol. The molecule has 0 N–H and O–H groups in total. The number of halogens is 1.